The number of likely N-dealkylation sites (tertiary alicyclic amines) is 1. The maximum atomic E-state index is 14.1. The van der Waals surface area contributed by atoms with Crippen LogP contribution in [0.5, 0.6) is 5.75 Å². The molecule has 0 radical (unpaired) electrons. The van der Waals surface area contributed by atoms with E-state index < -0.39 is 50.7 Å². The third-order valence-corrected chi connectivity index (χ3v) is 17.5. The van der Waals surface area contributed by atoms with Gasteiger partial charge in [0.05, 0.1) is 21.1 Å². The summed E-state index contributed by atoms with van der Waals surface area (Å²) < 4.78 is 34.6. The van der Waals surface area contributed by atoms with E-state index in [-0.39, 0.29) is 72.0 Å². The molecule has 5 heterocycles. The number of quaternary nitrogens is 1. The summed E-state index contributed by atoms with van der Waals surface area (Å²) in [5.74, 6) is -3.82. The minimum atomic E-state index is -3.83. The molecule has 3 atom stereocenters. The molecule has 3 aromatic rings. The summed E-state index contributed by atoms with van der Waals surface area (Å²) in [6.07, 6.45) is 7.07. The van der Waals surface area contributed by atoms with Crippen LogP contribution in [0.1, 0.15) is 79.6 Å². The molecule has 372 valence electrons. The number of nitroso groups, excluding NO2 is 1. The fourth-order valence-corrected chi connectivity index (χ4v) is 13.6. The smallest absolute Gasteiger partial charge is 0.490 e. The summed E-state index contributed by atoms with van der Waals surface area (Å²) in [4.78, 5) is 65.2. The van der Waals surface area contributed by atoms with E-state index in [0.717, 1.165) is 54.1 Å². The molecule has 18 nitrogen and oxygen atoms in total. The average Bonchev–Trinajstić information content (AvgIpc) is 3.85. The van der Waals surface area contributed by atoms with Gasteiger partial charge in [-0.1, -0.05) is 41.6 Å². The minimum Gasteiger partial charge on any atom is -0.632 e. The van der Waals surface area contributed by atoms with Gasteiger partial charge in [-0.2, -0.15) is 4.31 Å². The first-order chi connectivity index (χ1) is 33.2. The van der Waals surface area contributed by atoms with Crippen LogP contribution in [0.25, 0.3) is 10.4 Å². The number of amides is 2. The Bertz CT molecular complexity index is 2860. The lowest BCUT2D eigenvalue weighted by atomic mass is 9.89. The zero-order valence-electron chi connectivity index (χ0n) is 39.2. The molecule has 4 aliphatic heterocycles. The Labute approximate surface area is 415 Å². The van der Waals surface area contributed by atoms with Crippen LogP contribution in [0.3, 0.4) is 0 Å². The number of carbonyl (C=O) groups excluding carboxylic acids is 2. The molecule has 3 unspecified atom stereocenters. The van der Waals surface area contributed by atoms with E-state index in [2.05, 4.69) is 27.0 Å². The molecule has 5 aliphatic rings. The molecule has 8 rings (SSSR count). The van der Waals surface area contributed by atoms with Gasteiger partial charge >= 0.3 is 17.8 Å². The number of hydrogen-bond acceptors (Lipinski definition) is 13. The number of piperidine rings is 3. The van der Waals surface area contributed by atoms with Gasteiger partial charge in [0.25, 0.3) is 0 Å². The first kappa shape index (κ1) is 50.7. The highest BCUT2D eigenvalue weighted by atomic mass is 35.5. The average molecular weight is 1020 g/mol. The number of aliphatic carboxylic acids is 1. The SMILES string of the molecule is CN(C(=O)CCN1CCC(Nc2cccc3c2C[N+]([O-])(C2CCC[N+](=O)C2=O)C3)CC1)C1=C=C=CC(CS(=O)(=O)N2CCC(Nc3cccc(-c4sc(C(=O)O)c(OCC(=O)O)c4Cl)c3)CC2(C)C)=C1. The molecule has 0 saturated carbocycles. The van der Waals surface area contributed by atoms with Crippen LogP contribution in [0.2, 0.25) is 5.02 Å². The number of sulfonamides is 1. The van der Waals surface area contributed by atoms with Gasteiger partial charge in [0, 0.05) is 97.5 Å². The van der Waals surface area contributed by atoms with Crippen molar-refractivity contribution >= 4 is 68.1 Å². The van der Waals surface area contributed by atoms with Crippen LogP contribution in [0.15, 0.2) is 77.3 Å². The van der Waals surface area contributed by atoms with E-state index in [9.17, 15) is 42.8 Å². The second kappa shape index (κ2) is 20.6. The van der Waals surface area contributed by atoms with Crippen molar-refractivity contribution in [1.29, 1.82) is 0 Å². The standard InChI is InChI=1S/C49H56ClN7O11S2/c1-49(2)26-36(51-35-11-5-9-32(25-35)45-43(50)44(68-29-42(59)60)46(69-45)48(62)63)17-23-56(49)70(66,67)30-31-8-4-12-37(24-31)53(3)41(58)18-22-54-20-15-34(16-21-54)52-39-13-6-10-33-27-57(65,28-38(33)39)40-14-7-19-55(64)47(40)61/h5-6,8-11,13,24-25,34,36,40,51-52H,7,14-23,26-30H2,1-3H3,(H-,59,60,62,63)/p+1. The number of thiophene rings is 1. The predicted molar refractivity (Wildman–Crippen MR) is 264 cm³/mol. The molecule has 3 saturated heterocycles. The van der Waals surface area contributed by atoms with Crippen LogP contribution in [-0.2, 0) is 37.5 Å². The summed E-state index contributed by atoms with van der Waals surface area (Å²) in [5, 5.41) is 39.9. The molecule has 3 fully saturated rings. The molecule has 0 spiro atoms. The Morgan fingerprint density at radius 1 is 1.06 bits per heavy atom. The number of nitrogens with one attached hydrogen (secondary N) is 2. The fraction of sp³-hybridized carbons (Fsp3) is 0.469. The molecule has 21 heteroatoms. The number of anilines is 2. The molecular formula is C49H57ClN7O11S2+. The number of halogens is 1. The van der Waals surface area contributed by atoms with Gasteiger partial charge in [0.1, 0.15) is 18.1 Å². The zero-order valence-corrected chi connectivity index (χ0v) is 41.6. The van der Waals surface area contributed by atoms with E-state index >= 15 is 0 Å². The van der Waals surface area contributed by atoms with Gasteiger partial charge in [-0.3, -0.25) is 4.79 Å². The van der Waals surface area contributed by atoms with Crippen molar-refractivity contribution in [3.63, 3.8) is 0 Å². The van der Waals surface area contributed by atoms with Gasteiger partial charge in [0.15, 0.2) is 17.2 Å². The van der Waals surface area contributed by atoms with Gasteiger partial charge in [0.2, 0.25) is 28.5 Å². The second-order valence-corrected chi connectivity index (χ2v) is 22.5. The molecule has 4 N–H and O–H groups in total. The normalized spacial score (nSPS) is 22.8. The first-order valence-corrected chi connectivity index (χ1v) is 26.1. The van der Waals surface area contributed by atoms with Crippen LogP contribution < -0.4 is 15.4 Å². The van der Waals surface area contributed by atoms with Gasteiger partial charge in [-0.05, 0) is 86.7 Å². The van der Waals surface area contributed by atoms with Gasteiger partial charge < -0.3 is 45.2 Å². The highest BCUT2D eigenvalue weighted by molar-refractivity contribution is 7.89. The van der Waals surface area contributed by atoms with Crippen molar-refractivity contribution in [3.8, 4) is 16.2 Å². The Morgan fingerprint density at radius 3 is 2.53 bits per heavy atom. The number of hydroxylamine groups is 3. The van der Waals surface area contributed by atoms with Crippen molar-refractivity contribution in [1.82, 2.24) is 14.1 Å². The maximum absolute atomic E-state index is 14.1. The van der Waals surface area contributed by atoms with Crippen LogP contribution in [0.4, 0.5) is 11.4 Å². The summed E-state index contributed by atoms with van der Waals surface area (Å²) >= 11 is 7.41. The second-order valence-electron chi connectivity index (χ2n) is 19.2. The summed E-state index contributed by atoms with van der Waals surface area (Å²) in [6.45, 7) is 5.80. The number of allylic oxidation sites excluding steroid dienone is 2. The third kappa shape index (κ3) is 11.1. The number of carboxylic acids is 2. The lowest BCUT2D eigenvalue weighted by Crippen LogP contribution is -2.55. The van der Waals surface area contributed by atoms with Crippen molar-refractivity contribution in [2.24, 2.45) is 0 Å². The topological polar surface area (TPSA) is 229 Å². The largest absolute Gasteiger partial charge is 0.632 e. The third-order valence-electron chi connectivity index (χ3n) is 13.8. The van der Waals surface area contributed by atoms with Gasteiger partial charge in [-0.15, -0.1) is 11.3 Å². The van der Waals surface area contributed by atoms with Crippen molar-refractivity contribution < 1.29 is 52.0 Å². The number of benzene rings is 2. The molecule has 1 aromatic heterocycles. The lowest BCUT2D eigenvalue weighted by molar-refractivity contribution is -0.920. The zero-order chi connectivity index (χ0) is 50.1. The molecular weight excluding hydrogens is 962 g/mol. The van der Waals surface area contributed by atoms with E-state index in [1.165, 1.54) is 9.21 Å². The first-order valence-electron chi connectivity index (χ1n) is 23.3. The van der Waals surface area contributed by atoms with E-state index in [4.69, 9.17) is 21.4 Å². The molecule has 0 bridgehead atoms. The number of fused-ring (bicyclic) bond motifs is 1. The number of carboxylic acid groups (broad SMARTS) is 2. The van der Waals surface area contributed by atoms with Crippen molar-refractivity contribution in [3.05, 3.63) is 108 Å². The minimum absolute atomic E-state index is 0.00210. The van der Waals surface area contributed by atoms with Crippen molar-refractivity contribution in [2.45, 2.75) is 95.5 Å². The fourth-order valence-electron chi connectivity index (χ4n) is 10.3. The Hall–Kier alpha value is -5.66. The maximum Gasteiger partial charge on any atom is 0.490 e. The van der Waals surface area contributed by atoms with Gasteiger partial charge in [-0.25, -0.2) is 22.8 Å². The van der Waals surface area contributed by atoms with E-state index in [1.807, 2.05) is 38.1 Å². The number of aromatic carboxylic acids is 1. The number of nitrogens with zero attached hydrogens (tertiary/aromatic N) is 5. The number of likely N-dealkylation sites (N-methyl/N-ethyl adjacent to an activating group) is 1. The molecule has 2 aromatic carbocycles. The summed E-state index contributed by atoms with van der Waals surface area (Å²) in [6, 6.07) is 12.2. The summed E-state index contributed by atoms with van der Waals surface area (Å²) in [5.41, 5.74) is 10.0. The van der Waals surface area contributed by atoms with Crippen LogP contribution in [-0.4, -0.2) is 142 Å². The highest BCUT2D eigenvalue weighted by Crippen LogP contribution is 2.46. The molecule has 1 aliphatic carbocycles. The Morgan fingerprint density at radius 2 is 1.80 bits per heavy atom. The quantitative estimate of drug-likeness (QED) is 0.0486. The van der Waals surface area contributed by atoms with E-state index in [0.29, 0.717) is 64.4 Å². The number of ether oxygens (including phenoxy) is 1. The lowest BCUT2D eigenvalue weighted by Gasteiger charge is -2.45. The number of hydrogen-bond donors (Lipinski definition) is 4. The highest BCUT2D eigenvalue weighted by Gasteiger charge is 2.50. The number of carbonyl (C=O) groups is 4. The monoisotopic (exact) mass is 1020 g/mol. The molecule has 70 heavy (non-hydrogen) atoms. The van der Waals surface area contributed by atoms with Crippen molar-refractivity contribution in [2.75, 3.05) is 62.8 Å². The van der Waals surface area contributed by atoms with Crippen LogP contribution >= 0.6 is 22.9 Å². The van der Waals surface area contributed by atoms with Crippen LogP contribution in [0, 0.1) is 10.1 Å². The number of rotatable bonds is 17. The van der Waals surface area contributed by atoms with E-state index in [1.54, 1.807) is 37.4 Å². The molecule has 2 amide bonds. The Kier molecular flexibility index (Phi) is 14.9. The summed E-state index contributed by atoms with van der Waals surface area (Å²) in [7, 11) is -2.18. The Balaban J connectivity index is 0.806. The predicted octanol–water partition coefficient (Wildman–Crippen LogP) is 6.57.